The zero-order chi connectivity index (χ0) is 25.2. The van der Waals surface area contributed by atoms with E-state index in [1.54, 1.807) is 0 Å². The van der Waals surface area contributed by atoms with Crippen LogP contribution >= 0.6 is 0 Å². The molecule has 35 heavy (non-hydrogen) atoms. The van der Waals surface area contributed by atoms with Gasteiger partial charge in [-0.3, -0.25) is 25.3 Å². The summed E-state index contributed by atoms with van der Waals surface area (Å²) in [6, 6.07) is 10.3. The zero-order valence-corrected chi connectivity index (χ0v) is 21.4. The second-order valence-electron chi connectivity index (χ2n) is 11.8. The van der Waals surface area contributed by atoms with Crippen LogP contribution in [0.3, 0.4) is 0 Å². The number of carbonyl (C=O) groups is 2. The number of hydrogen-bond acceptors (Lipinski definition) is 5. The van der Waals surface area contributed by atoms with Crippen LogP contribution < -0.4 is 10.6 Å². The minimum Gasteiger partial charge on any atom is -0.350 e. The van der Waals surface area contributed by atoms with E-state index in [1.165, 1.54) is 24.8 Å². The molecule has 1 saturated heterocycles. The number of nitrogens with one attached hydrogen (secondary N) is 4. The molecule has 3 aliphatic rings. The molecule has 7 heteroatoms. The quantitative estimate of drug-likeness (QED) is 0.352. The maximum absolute atomic E-state index is 13.0. The predicted octanol–water partition coefficient (Wildman–Crippen LogP) is 3.84. The average Bonchev–Trinajstić information content (AvgIpc) is 3.16. The van der Waals surface area contributed by atoms with E-state index in [0.717, 1.165) is 31.8 Å². The third-order valence-electron chi connectivity index (χ3n) is 8.42. The monoisotopic (exact) mass is 479 g/mol. The molecule has 1 heterocycles. The van der Waals surface area contributed by atoms with Gasteiger partial charge in [-0.1, -0.05) is 51.1 Å². The maximum Gasteiger partial charge on any atom is 0.272 e. The molecule has 0 radical (unpaired) electrons. The Morgan fingerprint density at radius 2 is 1.69 bits per heavy atom. The summed E-state index contributed by atoms with van der Waals surface area (Å²) in [5, 5.41) is 22.1. The van der Waals surface area contributed by atoms with Crippen LogP contribution in [0, 0.1) is 45.8 Å². The van der Waals surface area contributed by atoms with Crippen molar-refractivity contribution in [1.29, 1.82) is 10.8 Å². The highest BCUT2D eigenvalue weighted by Gasteiger charge is 2.45. The Bertz CT molecular complexity index is 943. The second kappa shape index (κ2) is 10.6. The largest absolute Gasteiger partial charge is 0.350 e. The van der Waals surface area contributed by atoms with Crippen molar-refractivity contribution in [3.05, 3.63) is 35.9 Å². The van der Waals surface area contributed by atoms with E-state index in [2.05, 4.69) is 41.5 Å². The lowest BCUT2D eigenvalue weighted by molar-refractivity contribution is -0.135. The molecule has 1 aromatic carbocycles. The first-order valence-electron chi connectivity index (χ1n) is 13.1. The summed E-state index contributed by atoms with van der Waals surface area (Å²) >= 11 is 0. The molecule has 4 N–H and O–H groups in total. The highest BCUT2D eigenvalue weighted by molar-refractivity contribution is 6.41. The van der Waals surface area contributed by atoms with Crippen molar-refractivity contribution >= 4 is 23.4 Å². The maximum atomic E-state index is 13.0. The van der Waals surface area contributed by atoms with Gasteiger partial charge in [0.2, 0.25) is 5.91 Å². The van der Waals surface area contributed by atoms with E-state index in [9.17, 15) is 9.59 Å². The number of benzene rings is 1. The zero-order valence-electron chi connectivity index (χ0n) is 21.4. The summed E-state index contributed by atoms with van der Waals surface area (Å²) in [5.41, 5.74) is 0.611. The molecular formula is C28H41N5O2. The van der Waals surface area contributed by atoms with Crippen LogP contribution in [0.4, 0.5) is 0 Å². The van der Waals surface area contributed by atoms with Gasteiger partial charge in [0.15, 0.2) is 0 Å². The topological polar surface area (TPSA) is 109 Å². The van der Waals surface area contributed by atoms with Crippen molar-refractivity contribution < 1.29 is 9.59 Å². The van der Waals surface area contributed by atoms with Crippen molar-refractivity contribution in [2.24, 2.45) is 35.0 Å². The molecule has 2 amide bonds. The van der Waals surface area contributed by atoms with Gasteiger partial charge in [-0.15, -0.1) is 0 Å². The third-order valence-corrected chi connectivity index (χ3v) is 8.42. The summed E-state index contributed by atoms with van der Waals surface area (Å²) in [4.78, 5) is 27.9. The molecule has 0 spiro atoms. The molecule has 4 unspecified atom stereocenters. The van der Waals surface area contributed by atoms with E-state index >= 15 is 0 Å². The molecule has 3 fully saturated rings. The van der Waals surface area contributed by atoms with Crippen molar-refractivity contribution in [1.82, 2.24) is 15.5 Å². The summed E-state index contributed by atoms with van der Waals surface area (Å²) in [5.74, 6) is 1.64. The normalized spacial score (nSPS) is 32.6. The van der Waals surface area contributed by atoms with E-state index in [4.69, 9.17) is 10.8 Å². The number of nitrogens with zero attached hydrogens (tertiary/aromatic N) is 1. The summed E-state index contributed by atoms with van der Waals surface area (Å²) in [6.07, 6.45) is 5.41. The highest BCUT2D eigenvalue weighted by Crippen LogP contribution is 2.50. The molecule has 4 atom stereocenters. The SMILES string of the molecule is CC1CC2CC(C1)CC(C)(C(=O)NCC(=N)C(=O)NC(=N)C1CN(Cc3ccccc3)CC1C)C2. The lowest BCUT2D eigenvalue weighted by Crippen LogP contribution is -2.49. The van der Waals surface area contributed by atoms with Crippen molar-refractivity contribution in [3.8, 4) is 0 Å². The van der Waals surface area contributed by atoms with Crippen LogP contribution in [0.5, 0.6) is 0 Å². The van der Waals surface area contributed by atoms with Crippen LogP contribution in [0.15, 0.2) is 30.3 Å². The summed E-state index contributed by atoms with van der Waals surface area (Å²) < 4.78 is 0. The van der Waals surface area contributed by atoms with Gasteiger partial charge in [0.25, 0.3) is 5.91 Å². The molecule has 1 aliphatic heterocycles. The fourth-order valence-electron chi connectivity index (χ4n) is 6.94. The Hall–Kier alpha value is -2.54. The lowest BCUT2D eigenvalue weighted by Gasteiger charge is -2.46. The first kappa shape index (κ1) is 25.5. The molecule has 2 aliphatic carbocycles. The average molecular weight is 480 g/mol. The van der Waals surface area contributed by atoms with Crippen molar-refractivity contribution in [2.45, 2.75) is 59.4 Å². The van der Waals surface area contributed by atoms with E-state index < -0.39 is 11.3 Å². The summed E-state index contributed by atoms with van der Waals surface area (Å²) in [7, 11) is 0. The number of hydrogen-bond donors (Lipinski definition) is 4. The predicted molar refractivity (Wildman–Crippen MR) is 138 cm³/mol. The fourth-order valence-corrected chi connectivity index (χ4v) is 6.94. The van der Waals surface area contributed by atoms with Gasteiger partial charge in [-0.05, 0) is 61.3 Å². The first-order valence-corrected chi connectivity index (χ1v) is 13.1. The minimum atomic E-state index is -0.594. The van der Waals surface area contributed by atoms with Crippen LogP contribution in [0.25, 0.3) is 0 Å². The van der Waals surface area contributed by atoms with E-state index in [-0.39, 0.29) is 35.8 Å². The standard InChI is InChI=1S/C28H41N5O2/c1-18-9-21-11-22(10-18)13-28(3,12-21)27(35)31-14-24(29)26(34)32-25(30)23-17-33(15-19(23)2)16-20-7-5-4-6-8-20/h4-8,18-19,21-23,29H,9-17H2,1-3H3,(H,31,35)(H2,30,32,34). The van der Waals surface area contributed by atoms with Gasteiger partial charge in [0, 0.05) is 31.0 Å². The van der Waals surface area contributed by atoms with Gasteiger partial charge in [-0.25, -0.2) is 0 Å². The number of carbonyl (C=O) groups excluding carboxylic acids is 2. The minimum absolute atomic E-state index is 0.0460. The van der Waals surface area contributed by atoms with Crippen LogP contribution in [0.1, 0.15) is 58.4 Å². The molecule has 2 bridgehead atoms. The van der Waals surface area contributed by atoms with Gasteiger partial charge >= 0.3 is 0 Å². The second-order valence-corrected chi connectivity index (χ2v) is 11.8. The molecule has 190 valence electrons. The Morgan fingerprint density at radius 3 is 2.34 bits per heavy atom. The molecular weight excluding hydrogens is 438 g/mol. The van der Waals surface area contributed by atoms with E-state index in [0.29, 0.717) is 18.4 Å². The third kappa shape index (κ3) is 6.18. The highest BCUT2D eigenvalue weighted by atomic mass is 16.2. The molecule has 4 rings (SSSR count). The van der Waals surface area contributed by atoms with Crippen LogP contribution in [-0.4, -0.2) is 47.9 Å². The molecule has 2 saturated carbocycles. The van der Waals surface area contributed by atoms with Gasteiger partial charge in [0.1, 0.15) is 11.5 Å². The first-order chi connectivity index (χ1) is 16.6. The van der Waals surface area contributed by atoms with Crippen molar-refractivity contribution in [3.63, 3.8) is 0 Å². The number of amidine groups is 1. The Labute approximate surface area is 209 Å². The van der Waals surface area contributed by atoms with Crippen molar-refractivity contribution in [2.75, 3.05) is 19.6 Å². The molecule has 0 aromatic heterocycles. The van der Waals surface area contributed by atoms with Gasteiger partial charge < -0.3 is 10.6 Å². The van der Waals surface area contributed by atoms with Crippen LogP contribution in [-0.2, 0) is 16.1 Å². The summed E-state index contributed by atoms with van der Waals surface area (Å²) in [6.45, 7) is 8.75. The smallest absolute Gasteiger partial charge is 0.272 e. The Kier molecular flexibility index (Phi) is 7.74. The fraction of sp³-hybridized carbons (Fsp3) is 0.643. The number of fused-ring (bicyclic) bond motifs is 2. The number of amides is 2. The number of rotatable bonds is 7. The van der Waals surface area contributed by atoms with Gasteiger partial charge in [-0.2, -0.15) is 0 Å². The van der Waals surface area contributed by atoms with Crippen LogP contribution in [0.2, 0.25) is 0 Å². The molecule has 7 nitrogen and oxygen atoms in total. The van der Waals surface area contributed by atoms with Gasteiger partial charge in [0.05, 0.1) is 6.54 Å². The van der Waals surface area contributed by atoms with E-state index in [1.807, 2.05) is 25.1 Å². The Morgan fingerprint density at radius 1 is 1.03 bits per heavy atom. The Balaban J connectivity index is 1.23. The molecule has 1 aromatic rings. The number of likely N-dealkylation sites (tertiary alicyclic amines) is 1. The lowest BCUT2D eigenvalue weighted by atomic mass is 9.59.